The molecule has 0 aliphatic carbocycles. The Labute approximate surface area is 163 Å². The summed E-state index contributed by atoms with van der Waals surface area (Å²) in [5.74, 6) is 0.258. The molecule has 5 nitrogen and oxygen atoms in total. The third kappa shape index (κ3) is 3.17. The van der Waals surface area contributed by atoms with Gasteiger partial charge in [-0.3, -0.25) is 4.79 Å². The van der Waals surface area contributed by atoms with E-state index in [1.165, 1.54) is 6.07 Å². The Morgan fingerprint density at radius 2 is 2.04 bits per heavy atom. The van der Waals surface area contributed by atoms with Crippen molar-refractivity contribution in [2.24, 2.45) is 0 Å². The van der Waals surface area contributed by atoms with E-state index in [1.807, 2.05) is 38.1 Å². The Kier molecular flexibility index (Phi) is 4.90. The molecule has 2 heterocycles. The van der Waals surface area contributed by atoms with Crippen LogP contribution in [0, 0.1) is 6.92 Å². The number of aryl methyl sites for hydroxylation is 2. The van der Waals surface area contributed by atoms with Crippen molar-refractivity contribution < 1.29 is 13.9 Å². The molecule has 1 amide bonds. The molecular formula is C23H23NO4. The Morgan fingerprint density at radius 1 is 1.21 bits per heavy atom. The maximum Gasteiger partial charge on any atom is 0.336 e. The Hall–Kier alpha value is -3.08. The number of fused-ring (bicyclic) bond motifs is 2. The highest BCUT2D eigenvalue weighted by molar-refractivity contribution is 6.15. The summed E-state index contributed by atoms with van der Waals surface area (Å²) >= 11 is 0. The highest BCUT2D eigenvalue weighted by Gasteiger charge is 2.28. The maximum atomic E-state index is 13.7. The molecule has 28 heavy (non-hydrogen) atoms. The standard InChI is InChI=1S/C23H23NO4/c1-3-13-27-19-11-10-17-15(2)14-20(25)28-22(17)21(19)23(26)24-12-6-8-16-7-4-5-9-18(16)24/h4-5,7,9-11,14H,3,6,8,12-13H2,1-2H3. The second-order valence-electron chi connectivity index (χ2n) is 7.10. The van der Waals surface area contributed by atoms with Gasteiger partial charge in [-0.1, -0.05) is 25.1 Å². The maximum absolute atomic E-state index is 13.7. The number of anilines is 1. The number of benzene rings is 2. The summed E-state index contributed by atoms with van der Waals surface area (Å²) in [7, 11) is 0. The van der Waals surface area contributed by atoms with Gasteiger partial charge >= 0.3 is 5.63 Å². The molecular weight excluding hydrogens is 354 g/mol. The molecule has 2 aromatic carbocycles. The summed E-state index contributed by atoms with van der Waals surface area (Å²) in [6.07, 6.45) is 2.65. The van der Waals surface area contributed by atoms with E-state index in [0.717, 1.165) is 41.5 Å². The van der Waals surface area contributed by atoms with Crippen molar-refractivity contribution in [2.45, 2.75) is 33.1 Å². The van der Waals surface area contributed by atoms with Gasteiger partial charge in [-0.15, -0.1) is 0 Å². The van der Waals surface area contributed by atoms with E-state index in [4.69, 9.17) is 9.15 Å². The lowest BCUT2D eigenvalue weighted by molar-refractivity contribution is 0.0981. The lowest BCUT2D eigenvalue weighted by atomic mass is 9.99. The number of ether oxygens (including phenoxy) is 1. The van der Waals surface area contributed by atoms with Crippen molar-refractivity contribution in [3.8, 4) is 5.75 Å². The Balaban J connectivity index is 1.91. The first-order valence-corrected chi connectivity index (χ1v) is 9.70. The molecule has 5 heteroatoms. The molecule has 144 valence electrons. The van der Waals surface area contributed by atoms with Crippen molar-refractivity contribution in [2.75, 3.05) is 18.1 Å². The van der Waals surface area contributed by atoms with Crippen molar-refractivity contribution in [3.05, 3.63) is 69.6 Å². The summed E-state index contributed by atoms with van der Waals surface area (Å²) in [4.78, 5) is 27.5. The average Bonchev–Trinajstić information content (AvgIpc) is 2.70. The van der Waals surface area contributed by atoms with Gasteiger partial charge in [0.25, 0.3) is 5.91 Å². The zero-order chi connectivity index (χ0) is 19.7. The SMILES string of the molecule is CCCOc1ccc2c(C)cc(=O)oc2c1C(=O)N1CCCc2ccccc21. The second-order valence-corrected chi connectivity index (χ2v) is 7.10. The zero-order valence-corrected chi connectivity index (χ0v) is 16.2. The molecule has 1 aliphatic heterocycles. The Morgan fingerprint density at radius 3 is 2.86 bits per heavy atom. The summed E-state index contributed by atoms with van der Waals surface area (Å²) in [6, 6.07) is 13.0. The van der Waals surface area contributed by atoms with Gasteiger partial charge in [0.1, 0.15) is 11.3 Å². The number of carbonyl (C=O) groups is 1. The molecule has 0 spiro atoms. The van der Waals surface area contributed by atoms with Crippen LogP contribution in [0.1, 0.15) is 41.3 Å². The van der Waals surface area contributed by atoms with Gasteiger partial charge in [0.15, 0.2) is 5.58 Å². The monoisotopic (exact) mass is 377 g/mol. The van der Waals surface area contributed by atoms with Crippen LogP contribution in [-0.2, 0) is 6.42 Å². The van der Waals surface area contributed by atoms with Gasteiger partial charge in [-0.05, 0) is 55.5 Å². The normalized spacial score (nSPS) is 13.4. The van der Waals surface area contributed by atoms with Gasteiger partial charge < -0.3 is 14.1 Å². The third-order valence-corrected chi connectivity index (χ3v) is 5.11. The predicted molar refractivity (Wildman–Crippen MR) is 109 cm³/mol. The van der Waals surface area contributed by atoms with Crippen molar-refractivity contribution in [3.63, 3.8) is 0 Å². The molecule has 0 bridgehead atoms. The summed E-state index contributed by atoms with van der Waals surface area (Å²) in [5.41, 5.74) is 2.99. The van der Waals surface area contributed by atoms with Gasteiger partial charge in [0.05, 0.1) is 6.61 Å². The molecule has 0 atom stereocenters. The van der Waals surface area contributed by atoms with E-state index in [1.54, 1.807) is 11.0 Å². The van der Waals surface area contributed by atoms with Crippen LogP contribution in [0.4, 0.5) is 5.69 Å². The molecule has 0 unspecified atom stereocenters. The third-order valence-electron chi connectivity index (χ3n) is 5.11. The summed E-state index contributed by atoms with van der Waals surface area (Å²) < 4.78 is 11.4. The van der Waals surface area contributed by atoms with E-state index in [2.05, 4.69) is 6.07 Å². The number of hydrogen-bond acceptors (Lipinski definition) is 4. The summed E-state index contributed by atoms with van der Waals surface area (Å²) in [6.45, 7) is 4.96. The van der Waals surface area contributed by atoms with Crippen LogP contribution in [0.3, 0.4) is 0 Å². The van der Waals surface area contributed by atoms with Crippen molar-refractivity contribution >= 4 is 22.6 Å². The van der Waals surface area contributed by atoms with Crippen LogP contribution in [0.5, 0.6) is 5.75 Å². The lowest BCUT2D eigenvalue weighted by Crippen LogP contribution is -2.36. The first-order valence-electron chi connectivity index (χ1n) is 9.70. The number of carbonyl (C=O) groups excluding carboxylic acids is 1. The van der Waals surface area contributed by atoms with Crippen LogP contribution in [-0.4, -0.2) is 19.1 Å². The molecule has 1 aromatic heterocycles. The van der Waals surface area contributed by atoms with Crippen LogP contribution < -0.4 is 15.3 Å². The zero-order valence-electron chi connectivity index (χ0n) is 16.2. The van der Waals surface area contributed by atoms with Gasteiger partial charge in [-0.2, -0.15) is 0 Å². The minimum atomic E-state index is -0.467. The van der Waals surface area contributed by atoms with E-state index < -0.39 is 5.63 Å². The predicted octanol–water partition coefficient (Wildman–Crippen LogP) is 4.48. The quantitative estimate of drug-likeness (QED) is 0.629. The molecule has 0 saturated heterocycles. The second kappa shape index (κ2) is 7.50. The highest BCUT2D eigenvalue weighted by Crippen LogP contribution is 2.34. The molecule has 0 saturated carbocycles. The molecule has 0 radical (unpaired) electrons. The van der Waals surface area contributed by atoms with Crippen LogP contribution in [0.25, 0.3) is 11.0 Å². The van der Waals surface area contributed by atoms with Crippen LogP contribution in [0.15, 0.2) is 51.7 Å². The summed E-state index contributed by atoms with van der Waals surface area (Å²) in [5, 5.41) is 0.747. The molecule has 1 aliphatic rings. The Bertz CT molecular complexity index is 1100. The molecule has 3 aromatic rings. The van der Waals surface area contributed by atoms with Gasteiger partial charge in [0, 0.05) is 23.7 Å². The fourth-order valence-corrected chi connectivity index (χ4v) is 3.78. The van der Waals surface area contributed by atoms with Gasteiger partial charge in [-0.25, -0.2) is 4.79 Å². The van der Waals surface area contributed by atoms with Crippen molar-refractivity contribution in [1.29, 1.82) is 0 Å². The van der Waals surface area contributed by atoms with E-state index in [0.29, 0.717) is 30.0 Å². The fraction of sp³-hybridized carbons (Fsp3) is 0.304. The minimum absolute atomic E-state index is 0.197. The van der Waals surface area contributed by atoms with Crippen molar-refractivity contribution in [1.82, 2.24) is 0 Å². The van der Waals surface area contributed by atoms with E-state index >= 15 is 0 Å². The first kappa shape index (κ1) is 18.3. The molecule has 4 rings (SSSR count). The fourth-order valence-electron chi connectivity index (χ4n) is 3.78. The molecule has 0 fully saturated rings. The first-order chi connectivity index (χ1) is 13.6. The van der Waals surface area contributed by atoms with E-state index in [9.17, 15) is 9.59 Å². The smallest absolute Gasteiger partial charge is 0.336 e. The number of hydrogen-bond donors (Lipinski definition) is 0. The van der Waals surface area contributed by atoms with Crippen LogP contribution >= 0.6 is 0 Å². The highest BCUT2D eigenvalue weighted by atomic mass is 16.5. The number of nitrogens with zero attached hydrogens (tertiary/aromatic N) is 1. The minimum Gasteiger partial charge on any atom is -0.493 e. The van der Waals surface area contributed by atoms with Crippen LogP contribution in [0.2, 0.25) is 0 Å². The topological polar surface area (TPSA) is 59.8 Å². The average molecular weight is 377 g/mol. The number of para-hydroxylation sites is 1. The van der Waals surface area contributed by atoms with Gasteiger partial charge in [0.2, 0.25) is 0 Å². The number of rotatable bonds is 4. The molecule has 0 N–H and O–H groups in total. The number of amides is 1. The van der Waals surface area contributed by atoms with E-state index in [-0.39, 0.29) is 5.91 Å². The largest absolute Gasteiger partial charge is 0.493 e. The lowest BCUT2D eigenvalue weighted by Gasteiger charge is -2.30.